The quantitative estimate of drug-likeness (QED) is 0.774. The molecule has 1 amide bonds. The van der Waals surface area contributed by atoms with Crippen LogP contribution >= 0.6 is 0 Å². The number of rotatable bonds is 5. The number of carbonyl (C=O) groups is 1. The number of ether oxygens (including phenoxy) is 1. The molecule has 1 N–H and O–H groups in total. The average Bonchev–Trinajstić information content (AvgIpc) is 3.20. The number of hydrogen-bond acceptors (Lipinski definition) is 5. The van der Waals surface area contributed by atoms with Crippen LogP contribution in [0.15, 0.2) is 36.9 Å². The summed E-state index contributed by atoms with van der Waals surface area (Å²) in [6.45, 7) is 4.25. The highest BCUT2D eigenvalue weighted by Crippen LogP contribution is 2.25. The Bertz CT molecular complexity index is 854. The van der Waals surface area contributed by atoms with Crippen LogP contribution in [0.2, 0.25) is 0 Å². The molecule has 0 radical (unpaired) electrons. The Morgan fingerprint density at radius 2 is 1.96 bits per heavy atom. The van der Waals surface area contributed by atoms with Gasteiger partial charge in [0.05, 0.1) is 17.9 Å². The van der Waals surface area contributed by atoms with Crippen molar-refractivity contribution in [2.24, 2.45) is 7.05 Å². The Kier molecular flexibility index (Phi) is 4.28. The summed E-state index contributed by atoms with van der Waals surface area (Å²) in [6.07, 6.45) is 3.07. The molecule has 24 heavy (non-hydrogen) atoms. The van der Waals surface area contributed by atoms with E-state index in [0.29, 0.717) is 29.4 Å². The fraction of sp³-hybridized carbons (Fsp3) is 0.250. The molecule has 0 saturated carbocycles. The predicted octanol–water partition coefficient (Wildman–Crippen LogP) is 1.96. The zero-order valence-corrected chi connectivity index (χ0v) is 13.7. The molecule has 0 spiro atoms. The van der Waals surface area contributed by atoms with Gasteiger partial charge in [-0.25, -0.2) is 0 Å². The molecule has 3 aromatic rings. The van der Waals surface area contributed by atoms with E-state index in [1.807, 2.05) is 27.0 Å². The minimum absolute atomic E-state index is 0.260. The lowest BCUT2D eigenvalue weighted by Gasteiger charge is -2.11. The van der Waals surface area contributed by atoms with Gasteiger partial charge in [0.2, 0.25) is 0 Å². The van der Waals surface area contributed by atoms with Crippen molar-refractivity contribution >= 4 is 11.6 Å². The Morgan fingerprint density at radius 3 is 2.67 bits per heavy atom. The monoisotopic (exact) mass is 326 g/mol. The van der Waals surface area contributed by atoms with Crippen LogP contribution in [-0.2, 0) is 7.05 Å². The van der Waals surface area contributed by atoms with E-state index < -0.39 is 0 Å². The molecule has 0 saturated heterocycles. The zero-order valence-electron chi connectivity index (χ0n) is 13.7. The van der Waals surface area contributed by atoms with E-state index in [0.717, 1.165) is 5.69 Å². The maximum absolute atomic E-state index is 12.7. The number of aromatic nitrogens is 5. The van der Waals surface area contributed by atoms with Crippen molar-refractivity contribution < 1.29 is 9.53 Å². The van der Waals surface area contributed by atoms with Crippen LogP contribution < -0.4 is 10.1 Å². The molecule has 124 valence electrons. The van der Waals surface area contributed by atoms with E-state index in [1.165, 1.54) is 12.7 Å². The van der Waals surface area contributed by atoms with Crippen molar-refractivity contribution in [2.75, 3.05) is 11.9 Å². The molecule has 0 fully saturated rings. The lowest BCUT2D eigenvalue weighted by Crippen LogP contribution is -2.15. The van der Waals surface area contributed by atoms with E-state index >= 15 is 0 Å². The first-order valence-corrected chi connectivity index (χ1v) is 7.53. The van der Waals surface area contributed by atoms with Gasteiger partial charge in [0.1, 0.15) is 24.1 Å². The van der Waals surface area contributed by atoms with Crippen LogP contribution in [0.5, 0.6) is 5.75 Å². The van der Waals surface area contributed by atoms with Gasteiger partial charge in [0.25, 0.3) is 5.91 Å². The van der Waals surface area contributed by atoms with Crippen LogP contribution in [0.1, 0.15) is 23.0 Å². The normalized spacial score (nSPS) is 10.6. The molecular formula is C16H18N6O2. The molecule has 0 unspecified atom stereocenters. The molecule has 2 aromatic heterocycles. The first-order valence-electron chi connectivity index (χ1n) is 7.53. The van der Waals surface area contributed by atoms with Crippen molar-refractivity contribution in [3.8, 4) is 11.6 Å². The minimum atomic E-state index is -0.260. The Labute approximate surface area is 139 Å². The molecular weight excluding hydrogens is 308 g/mol. The van der Waals surface area contributed by atoms with Crippen LogP contribution in [0.4, 0.5) is 5.69 Å². The van der Waals surface area contributed by atoms with Crippen molar-refractivity contribution in [3.05, 3.63) is 48.2 Å². The molecule has 3 rings (SSSR count). The predicted molar refractivity (Wildman–Crippen MR) is 88.4 cm³/mol. The van der Waals surface area contributed by atoms with Crippen LogP contribution in [0.3, 0.4) is 0 Å². The van der Waals surface area contributed by atoms with Gasteiger partial charge in [-0.15, -0.1) is 10.2 Å². The first kappa shape index (κ1) is 15.7. The van der Waals surface area contributed by atoms with Gasteiger partial charge < -0.3 is 10.1 Å². The SMILES string of the molecule is CCOc1ccccc1C(=O)Nc1c(-n2cnnc2)nn(C)c1C. The summed E-state index contributed by atoms with van der Waals surface area (Å²) in [4.78, 5) is 12.7. The van der Waals surface area contributed by atoms with Crippen molar-refractivity contribution in [1.29, 1.82) is 0 Å². The van der Waals surface area contributed by atoms with Gasteiger partial charge in [-0.1, -0.05) is 12.1 Å². The zero-order chi connectivity index (χ0) is 17.1. The Hall–Kier alpha value is -3.16. The highest BCUT2D eigenvalue weighted by molar-refractivity contribution is 6.07. The van der Waals surface area contributed by atoms with Gasteiger partial charge in [-0.2, -0.15) is 5.10 Å². The second-order valence-corrected chi connectivity index (χ2v) is 5.16. The van der Waals surface area contributed by atoms with Crippen molar-refractivity contribution in [1.82, 2.24) is 24.5 Å². The molecule has 2 heterocycles. The molecule has 8 nitrogen and oxygen atoms in total. The topological polar surface area (TPSA) is 86.9 Å². The molecule has 8 heteroatoms. The largest absolute Gasteiger partial charge is 0.493 e. The van der Waals surface area contributed by atoms with E-state index in [2.05, 4.69) is 20.6 Å². The second-order valence-electron chi connectivity index (χ2n) is 5.16. The smallest absolute Gasteiger partial charge is 0.259 e. The molecule has 0 aliphatic heterocycles. The summed E-state index contributed by atoms with van der Waals surface area (Å²) in [5, 5.41) is 14.9. The third-order valence-electron chi connectivity index (χ3n) is 3.65. The second kappa shape index (κ2) is 6.53. The molecule has 0 bridgehead atoms. The van der Waals surface area contributed by atoms with E-state index in [-0.39, 0.29) is 5.91 Å². The standard InChI is InChI=1S/C16H18N6O2/c1-4-24-13-8-6-5-7-12(13)16(23)19-14-11(2)21(3)20-15(14)22-9-17-18-10-22/h5-10H,4H2,1-3H3,(H,19,23). The highest BCUT2D eigenvalue weighted by atomic mass is 16.5. The number of hydrogen-bond donors (Lipinski definition) is 1. The maximum Gasteiger partial charge on any atom is 0.259 e. The number of aryl methyl sites for hydroxylation is 1. The van der Waals surface area contributed by atoms with E-state index in [4.69, 9.17) is 4.74 Å². The molecule has 0 aliphatic rings. The third-order valence-corrected chi connectivity index (χ3v) is 3.65. The van der Waals surface area contributed by atoms with Crippen molar-refractivity contribution in [3.63, 3.8) is 0 Å². The number of nitrogens with zero attached hydrogens (tertiary/aromatic N) is 5. The van der Waals surface area contributed by atoms with Crippen LogP contribution in [0.25, 0.3) is 5.82 Å². The summed E-state index contributed by atoms with van der Waals surface area (Å²) in [5.74, 6) is 0.844. The van der Waals surface area contributed by atoms with Crippen molar-refractivity contribution in [2.45, 2.75) is 13.8 Å². The lowest BCUT2D eigenvalue weighted by atomic mass is 10.2. The highest BCUT2D eigenvalue weighted by Gasteiger charge is 2.19. The van der Waals surface area contributed by atoms with Gasteiger partial charge >= 0.3 is 0 Å². The number of carbonyl (C=O) groups excluding carboxylic acids is 1. The summed E-state index contributed by atoms with van der Waals surface area (Å²) in [5.41, 5.74) is 1.90. The number of amides is 1. The van der Waals surface area contributed by atoms with E-state index in [1.54, 1.807) is 27.4 Å². The van der Waals surface area contributed by atoms with Gasteiger partial charge in [0, 0.05) is 7.05 Å². The molecule has 1 aromatic carbocycles. The minimum Gasteiger partial charge on any atom is -0.493 e. The van der Waals surface area contributed by atoms with Crippen LogP contribution in [-0.4, -0.2) is 37.1 Å². The summed E-state index contributed by atoms with van der Waals surface area (Å²) < 4.78 is 8.87. The average molecular weight is 326 g/mol. The number of benzene rings is 1. The van der Waals surface area contributed by atoms with Gasteiger partial charge in [-0.3, -0.25) is 14.0 Å². The first-order chi connectivity index (χ1) is 11.6. The summed E-state index contributed by atoms with van der Waals surface area (Å²) in [6, 6.07) is 7.13. The Morgan fingerprint density at radius 1 is 1.25 bits per heavy atom. The van der Waals surface area contributed by atoms with Gasteiger partial charge in [0.15, 0.2) is 5.82 Å². The Balaban J connectivity index is 1.96. The van der Waals surface area contributed by atoms with Gasteiger partial charge in [-0.05, 0) is 26.0 Å². The number of nitrogens with one attached hydrogen (secondary N) is 1. The third kappa shape index (κ3) is 2.85. The molecule has 0 aliphatic carbocycles. The summed E-state index contributed by atoms with van der Waals surface area (Å²) >= 11 is 0. The lowest BCUT2D eigenvalue weighted by molar-refractivity contribution is 0.102. The fourth-order valence-electron chi connectivity index (χ4n) is 2.34. The van der Waals surface area contributed by atoms with E-state index in [9.17, 15) is 4.79 Å². The maximum atomic E-state index is 12.7. The van der Waals surface area contributed by atoms with Crippen LogP contribution in [0, 0.1) is 6.92 Å². The fourth-order valence-corrected chi connectivity index (χ4v) is 2.34. The number of para-hydroxylation sites is 1. The number of anilines is 1. The molecule has 0 atom stereocenters. The summed E-state index contributed by atoms with van der Waals surface area (Å²) in [7, 11) is 1.81.